The van der Waals surface area contributed by atoms with Gasteiger partial charge in [0.05, 0.1) is 15.9 Å². The third-order valence-corrected chi connectivity index (χ3v) is 6.24. The Hall–Kier alpha value is -3.39. The molecule has 1 saturated heterocycles. The molecule has 0 saturated carbocycles. The summed E-state index contributed by atoms with van der Waals surface area (Å²) in [6, 6.07) is 24.8. The largest absolute Gasteiger partial charge is 0.322 e. The Bertz CT molecular complexity index is 1320. The highest BCUT2D eigenvalue weighted by atomic mass is 32.2. The van der Waals surface area contributed by atoms with Crippen LogP contribution in [0.3, 0.4) is 0 Å². The molecule has 1 fully saturated rings. The van der Waals surface area contributed by atoms with Gasteiger partial charge in [0.2, 0.25) is 0 Å². The van der Waals surface area contributed by atoms with Crippen LogP contribution in [-0.2, 0) is 14.7 Å². The molecule has 31 heavy (non-hydrogen) atoms. The van der Waals surface area contributed by atoms with Crippen molar-refractivity contribution in [3.63, 3.8) is 0 Å². The Morgan fingerprint density at radius 2 is 1.52 bits per heavy atom. The first kappa shape index (κ1) is 19.6. The van der Waals surface area contributed by atoms with Crippen LogP contribution in [0.5, 0.6) is 0 Å². The number of carbonyl (C=O) groups excluding carboxylic acids is 1. The molecule has 0 spiro atoms. The van der Waals surface area contributed by atoms with Crippen LogP contribution in [0.25, 0.3) is 33.6 Å². The molecule has 1 aliphatic heterocycles. The van der Waals surface area contributed by atoms with E-state index in [2.05, 4.69) is 52.4 Å². The molecule has 1 amide bonds. The van der Waals surface area contributed by atoms with Crippen LogP contribution in [0.1, 0.15) is 5.56 Å². The number of hydrogen-bond acceptors (Lipinski definition) is 5. The van der Waals surface area contributed by atoms with E-state index in [1.165, 1.54) is 10.8 Å². The van der Waals surface area contributed by atoms with Crippen LogP contribution in [-0.4, -0.2) is 19.9 Å². The summed E-state index contributed by atoms with van der Waals surface area (Å²) >= 11 is 6.33. The van der Waals surface area contributed by atoms with Crippen LogP contribution in [0.2, 0.25) is 0 Å². The molecule has 0 bridgehead atoms. The molecule has 0 N–H and O–H groups in total. The number of aromatic nitrogens is 1. The fourth-order valence-electron chi connectivity index (χ4n) is 3.66. The average molecular weight is 445 g/mol. The molecule has 1 aliphatic rings. The fraction of sp³-hybridized carbons (Fsp3) is 0. The van der Waals surface area contributed by atoms with Gasteiger partial charge in [0.1, 0.15) is 6.26 Å². The van der Waals surface area contributed by atoms with Crippen molar-refractivity contribution in [1.29, 1.82) is 0 Å². The van der Waals surface area contributed by atoms with E-state index in [-0.39, 0.29) is 10.2 Å². The SMILES string of the molecule is C=COON1C(=O)/C(=C\c2ccc(-n3c4ccccc4c4ccccc43)cc2)SC1=S. The van der Waals surface area contributed by atoms with Gasteiger partial charge in [-0.05, 0) is 48.1 Å². The number of para-hydroxylation sites is 2. The zero-order valence-corrected chi connectivity index (χ0v) is 17.9. The Morgan fingerprint density at radius 3 is 2.13 bits per heavy atom. The molecule has 0 unspecified atom stereocenters. The van der Waals surface area contributed by atoms with Crippen LogP contribution in [0, 0.1) is 0 Å². The van der Waals surface area contributed by atoms with E-state index in [4.69, 9.17) is 17.2 Å². The highest BCUT2D eigenvalue weighted by Crippen LogP contribution is 2.34. The van der Waals surface area contributed by atoms with Gasteiger partial charge in [-0.25, -0.2) is 0 Å². The van der Waals surface area contributed by atoms with Crippen molar-refractivity contribution in [2.45, 2.75) is 0 Å². The van der Waals surface area contributed by atoms with Crippen molar-refractivity contribution in [3.8, 4) is 5.69 Å². The molecule has 2 heterocycles. The molecule has 5 rings (SSSR count). The number of hydroxylamine groups is 2. The first-order valence-electron chi connectivity index (χ1n) is 9.48. The quantitative estimate of drug-likeness (QED) is 0.124. The number of fused-ring (bicyclic) bond motifs is 3. The number of carbonyl (C=O) groups is 1. The van der Waals surface area contributed by atoms with Crippen molar-refractivity contribution in [3.05, 3.63) is 96.1 Å². The summed E-state index contributed by atoms with van der Waals surface area (Å²) < 4.78 is 2.51. The summed E-state index contributed by atoms with van der Waals surface area (Å²) in [5.74, 6) is -0.372. The number of nitrogens with zero attached hydrogens (tertiary/aromatic N) is 2. The lowest BCUT2D eigenvalue weighted by molar-refractivity contribution is -0.350. The maximum atomic E-state index is 12.5. The Morgan fingerprint density at radius 1 is 0.903 bits per heavy atom. The highest BCUT2D eigenvalue weighted by molar-refractivity contribution is 8.26. The van der Waals surface area contributed by atoms with E-state index in [1.807, 2.05) is 36.4 Å². The molecule has 0 atom stereocenters. The van der Waals surface area contributed by atoms with Crippen LogP contribution < -0.4 is 0 Å². The first-order valence-corrected chi connectivity index (χ1v) is 10.7. The Kier molecular flexibility index (Phi) is 5.07. The molecule has 7 heteroatoms. The first-order chi connectivity index (χ1) is 15.2. The van der Waals surface area contributed by atoms with Gasteiger partial charge in [-0.1, -0.05) is 71.9 Å². The van der Waals surface area contributed by atoms with Gasteiger partial charge in [0.15, 0.2) is 4.32 Å². The normalized spacial score (nSPS) is 15.4. The number of amides is 1. The van der Waals surface area contributed by atoms with E-state index in [1.54, 1.807) is 6.08 Å². The second kappa shape index (κ2) is 8.03. The van der Waals surface area contributed by atoms with Crippen molar-refractivity contribution in [1.82, 2.24) is 9.63 Å². The predicted molar refractivity (Wildman–Crippen MR) is 128 cm³/mol. The summed E-state index contributed by atoms with van der Waals surface area (Å²) in [5.41, 5.74) is 4.23. The minimum Gasteiger partial charge on any atom is -0.322 e. The number of thiocarbonyl (C=S) groups is 1. The summed E-state index contributed by atoms with van der Waals surface area (Å²) in [4.78, 5) is 22.4. The average Bonchev–Trinajstić information content (AvgIpc) is 3.27. The molecule has 0 aliphatic carbocycles. The van der Waals surface area contributed by atoms with E-state index in [0.717, 1.165) is 45.4 Å². The summed E-state index contributed by atoms with van der Waals surface area (Å²) in [6.07, 6.45) is 2.86. The molecule has 5 nitrogen and oxygen atoms in total. The molecule has 1 aromatic heterocycles. The highest BCUT2D eigenvalue weighted by Gasteiger charge is 2.34. The molecule has 4 aromatic rings. The molecule has 0 radical (unpaired) electrons. The van der Waals surface area contributed by atoms with Gasteiger partial charge in [-0.3, -0.25) is 4.79 Å². The fourth-order valence-corrected chi connectivity index (χ4v) is 4.80. The number of rotatable bonds is 5. The number of benzene rings is 3. The number of thioether (sulfide) groups is 1. The standard InChI is InChI=1S/C24H16N2O3S2/c1-2-28-29-26-23(27)22(31-24(26)30)15-16-11-13-17(14-12-16)25-20-9-5-3-7-18(20)19-8-4-6-10-21(19)25/h2-15H,1H2/b22-15+. The second-order valence-corrected chi connectivity index (χ2v) is 8.45. The Balaban J connectivity index is 1.50. The zero-order chi connectivity index (χ0) is 21.4. The molecular formula is C24H16N2O3S2. The van der Waals surface area contributed by atoms with Gasteiger partial charge < -0.3 is 9.45 Å². The summed E-state index contributed by atoms with van der Waals surface area (Å²) in [5, 5.41) is 3.36. The predicted octanol–water partition coefficient (Wildman–Crippen LogP) is 5.99. The smallest absolute Gasteiger partial charge is 0.293 e. The van der Waals surface area contributed by atoms with Gasteiger partial charge >= 0.3 is 0 Å². The van der Waals surface area contributed by atoms with Crippen molar-refractivity contribution in [2.75, 3.05) is 0 Å². The summed E-state index contributed by atoms with van der Waals surface area (Å²) in [6.45, 7) is 3.37. The van der Waals surface area contributed by atoms with Crippen LogP contribution >= 0.6 is 24.0 Å². The lowest BCUT2D eigenvalue weighted by Crippen LogP contribution is -2.27. The van der Waals surface area contributed by atoms with E-state index in [9.17, 15) is 4.79 Å². The van der Waals surface area contributed by atoms with Gasteiger partial charge in [0, 0.05) is 16.5 Å². The second-order valence-electron chi connectivity index (χ2n) is 6.77. The molecular weight excluding hydrogens is 428 g/mol. The number of hydrogen-bond donors (Lipinski definition) is 0. The van der Waals surface area contributed by atoms with Gasteiger partial charge in [0.25, 0.3) is 5.91 Å². The van der Waals surface area contributed by atoms with Crippen LogP contribution in [0.4, 0.5) is 0 Å². The van der Waals surface area contributed by atoms with Gasteiger partial charge in [-0.2, -0.15) is 0 Å². The third-order valence-electron chi connectivity index (χ3n) is 4.97. The van der Waals surface area contributed by atoms with Crippen molar-refractivity contribution in [2.24, 2.45) is 0 Å². The molecule has 152 valence electrons. The zero-order valence-electron chi connectivity index (χ0n) is 16.2. The minimum absolute atomic E-state index is 0.264. The van der Waals surface area contributed by atoms with Gasteiger partial charge in [-0.15, -0.1) is 5.06 Å². The van der Waals surface area contributed by atoms with E-state index < -0.39 is 0 Å². The monoisotopic (exact) mass is 444 g/mol. The lowest BCUT2D eigenvalue weighted by atomic mass is 10.2. The summed E-state index contributed by atoms with van der Waals surface area (Å²) in [7, 11) is 0. The third kappa shape index (κ3) is 3.42. The maximum absolute atomic E-state index is 12.5. The maximum Gasteiger partial charge on any atom is 0.293 e. The van der Waals surface area contributed by atoms with Crippen molar-refractivity contribution < 1.29 is 14.7 Å². The van der Waals surface area contributed by atoms with Crippen molar-refractivity contribution >= 4 is 62.1 Å². The van der Waals surface area contributed by atoms with Crippen LogP contribution in [0.15, 0.2) is 90.5 Å². The molecule has 3 aromatic carbocycles. The topological polar surface area (TPSA) is 43.7 Å². The minimum atomic E-state index is -0.372. The lowest BCUT2D eigenvalue weighted by Gasteiger charge is -2.09. The Labute approximate surface area is 188 Å². The van der Waals surface area contributed by atoms with E-state index >= 15 is 0 Å². The van der Waals surface area contributed by atoms with E-state index in [0.29, 0.717) is 4.91 Å².